The summed E-state index contributed by atoms with van der Waals surface area (Å²) >= 11 is 12.7. The highest BCUT2D eigenvalue weighted by molar-refractivity contribution is 9.11. The van der Waals surface area contributed by atoms with E-state index >= 15 is 0 Å². The predicted molar refractivity (Wildman–Crippen MR) is 29.4 cm³/mol. The van der Waals surface area contributed by atoms with Crippen LogP contribution < -0.4 is 0 Å². The van der Waals surface area contributed by atoms with E-state index in [9.17, 15) is 4.79 Å². The first-order chi connectivity index (χ1) is 2.56. The molecule has 0 aliphatic heterocycles. The van der Waals surface area contributed by atoms with Gasteiger partial charge in [-0.05, 0) is 15.9 Å². The Labute approximate surface area is 53.7 Å². The first-order valence-corrected chi connectivity index (χ1v) is 2.64. The average Bonchev–Trinajstić information content (AvgIpc) is 1.35. The smallest absolute Gasteiger partial charge is 0.226 e. The largest absolute Gasteiger partial charge is 0.299 e. The zero-order valence-electron chi connectivity index (χ0n) is 2.62. The monoisotopic (exact) mass is 190 g/mol. The second-order valence-electron chi connectivity index (χ2n) is 0.659. The fourth-order valence-electron chi connectivity index (χ4n) is 0. The van der Waals surface area contributed by atoms with E-state index in [0.717, 1.165) is 0 Å². The van der Waals surface area contributed by atoms with Crippen LogP contribution in [0.25, 0.3) is 0 Å². The summed E-state index contributed by atoms with van der Waals surface area (Å²) < 4.78 is -1.38. The number of halogens is 3. The van der Waals surface area contributed by atoms with Crippen molar-refractivity contribution in [3.05, 3.63) is 0 Å². The standard InChI is InChI=1S/C2HBrCl2O/c3-2(4,5)1-6/h1H. The van der Waals surface area contributed by atoms with Crippen molar-refractivity contribution < 1.29 is 4.79 Å². The summed E-state index contributed by atoms with van der Waals surface area (Å²) in [6.45, 7) is 0. The van der Waals surface area contributed by atoms with Crippen molar-refractivity contribution in [1.82, 2.24) is 0 Å². The van der Waals surface area contributed by atoms with E-state index in [1.54, 1.807) is 0 Å². The molecule has 0 saturated carbocycles. The summed E-state index contributed by atoms with van der Waals surface area (Å²) in [5, 5.41) is 0. The number of carbonyl (C=O) groups excluding carboxylic acids is 1. The van der Waals surface area contributed by atoms with E-state index in [2.05, 4.69) is 15.9 Å². The van der Waals surface area contributed by atoms with Crippen molar-refractivity contribution in [3.8, 4) is 0 Å². The zero-order chi connectivity index (χ0) is 5.21. The Morgan fingerprint density at radius 2 is 1.83 bits per heavy atom. The third kappa shape index (κ3) is 4.73. The minimum atomic E-state index is -1.38. The van der Waals surface area contributed by atoms with E-state index in [4.69, 9.17) is 23.2 Å². The minimum Gasteiger partial charge on any atom is -0.299 e. The molecule has 0 atom stereocenters. The van der Waals surface area contributed by atoms with Gasteiger partial charge in [-0.1, -0.05) is 23.2 Å². The lowest BCUT2D eigenvalue weighted by molar-refractivity contribution is -0.106. The van der Waals surface area contributed by atoms with E-state index in [0.29, 0.717) is 6.29 Å². The van der Waals surface area contributed by atoms with E-state index < -0.39 is 3.24 Å². The number of aldehydes is 1. The average molecular weight is 192 g/mol. The molecule has 0 bridgehead atoms. The zero-order valence-corrected chi connectivity index (χ0v) is 5.72. The van der Waals surface area contributed by atoms with Crippen molar-refractivity contribution in [1.29, 1.82) is 0 Å². The molecule has 0 rings (SSSR count). The Bertz CT molecular complexity index is 57.1. The quantitative estimate of drug-likeness (QED) is 0.456. The molecule has 0 N–H and O–H groups in total. The van der Waals surface area contributed by atoms with Crippen LogP contribution in [0.1, 0.15) is 0 Å². The Morgan fingerprint density at radius 3 is 1.83 bits per heavy atom. The predicted octanol–water partition coefficient (Wildman–Crippen LogP) is 1.71. The maximum atomic E-state index is 9.52. The van der Waals surface area contributed by atoms with Crippen LogP contribution in [0.2, 0.25) is 0 Å². The van der Waals surface area contributed by atoms with Gasteiger partial charge in [0.2, 0.25) is 3.24 Å². The van der Waals surface area contributed by atoms with Crippen LogP contribution in [-0.4, -0.2) is 9.53 Å². The van der Waals surface area contributed by atoms with Crippen LogP contribution in [0.3, 0.4) is 0 Å². The lowest BCUT2D eigenvalue weighted by Crippen LogP contribution is -1.99. The van der Waals surface area contributed by atoms with Crippen molar-refractivity contribution >= 4 is 45.4 Å². The maximum Gasteiger partial charge on any atom is 0.226 e. The Morgan fingerprint density at radius 1 is 1.67 bits per heavy atom. The van der Waals surface area contributed by atoms with Crippen LogP contribution in [0.4, 0.5) is 0 Å². The van der Waals surface area contributed by atoms with Gasteiger partial charge in [0.1, 0.15) is 0 Å². The van der Waals surface area contributed by atoms with Gasteiger partial charge in [-0.25, -0.2) is 0 Å². The first kappa shape index (κ1) is 6.73. The molecule has 36 valence electrons. The van der Waals surface area contributed by atoms with Gasteiger partial charge in [-0.3, -0.25) is 4.79 Å². The number of rotatable bonds is 1. The highest BCUT2D eigenvalue weighted by Crippen LogP contribution is 2.24. The third-order valence-electron chi connectivity index (χ3n) is 0.134. The summed E-state index contributed by atoms with van der Waals surface area (Å²) in [5.74, 6) is 0. The molecule has 0 amide bonds. The summed E-state index contributed by atoms with van der Waals surface area (Å²) in [6.07, 6.45) is 0.385. The van der Waals surface area contributed by atoms with Gasteiger partial charge in [-0.2, -0.15) is 0 Å². The summed E-state index contributed by atoms with van der Waals surface area (Å²) in [5.41, 5.74) is 0. The SMILES string of the molecule is O=CC(Cl)(Cl)Br. The number of hydrogen-bond donors (Lipinski definition) is 0. The van der Waals surface area contributed by atoms with Crippen LogP contribution in [0.15, 0.2) is 0 Å². The van der Waals surface area contributed by atoms with Gasteiger partial charge in [-0.15, -0.1) is 0 Å². The van der Waals surface area contributed by atoms with Crippen molar-refractivity contribution in [2.24, 2.45) is 0 Å². The molecule has 6 heavy (non-hydrogen) atoms. The molecule has 0 aliphatic rings. The van der Waals surface area contributed by atoms with Crippen molar-refractivity contribution in [2.45, 2.75) is 3.24 Å². The molecular weight excluding hydrogens is 191 g/mol. The Kier molecular flexibility index (Phi) is 2.41. The molecule has 0 spiro atoms. The molecule has 0 aliphatic carbocycles. The summed E-state index contributed by atoms with van der Waals surface area (Å²) in [6, 6.07) is 0. The first-order valence-electron chi connectivity index (χ1n) is 1.09. The van der Waals surface area contributed by atoms with Gasteiger partial charge in [0, 0.05) is 0 Å². The normalized spacial score (nSPS) is 11.2. The highest BCUT2D eigenvalue weighted by Gasteiger charge is 2.15. The van der Waals surface area contributed by atoms with Gasteiger partial charge < -0.3 is 0 Å². The van der Waals surface area contributed by atoms with E-state index in [1.165, 1.54) is 0 Å². The molecule has 1 nitrogen and oxygen atoms in total. The highest BCUT2D eigenvalue weighted by atomic mass is 79.9. The fourth-order valence-corrected chi connectivity index (χ4v) is 0. The fraction of sp³-hybridized carbons (Fsp3) is 0.500. The summed E-state index contributed by atoms with van der Waals surface area (Å²) in [7, 11) is 0. The molecule has 0 aromatic rings. The molecule has 0 unspecified atom stereocenters. The second-order valence-corrected chi connectivity index (χ2v) is 4.21. The van der Waals surface area contributed by atoms with E-state index in [-0.39, 0.29) is 0 Å². The molecular formula is C2HBrCl2O. The second kappa shape index (κ2) is 2.15. The van der Waals surface area contributed by atoms with Crippen LogP contribution in [0.5, 0.6) is 0 Å². The lowest BCUT2D eigenvalue weighted by Gasteiger charge is -1.93. The van der Waals surface area contributed by atoms with Crippen LogP contribution in [0, 0.1) is 0 Å². The van der Waals surface area contributed by atoms with Crippen LogP contribution >= 0.6 is 39.1 Å². The molecule has 4 heteroatoms. The van der Waals surface area contributed by atoms with E-state index in [1.807, 2.05) is 0 Å². The summed E-state index contributed by atoms with van der Waals surface area (Å²) in [4.78, 5) is 9.52. The van der Waals surface area contributed by atoms with Crippen molar-refractivity contribution in [2.75, 3.05) is 0 Å². The van der Waals surface area contributed by atoms with Crippen LogP contribution in [-0.2, 0) is 4.79 Å². The lowest BCUT2D eigenvalue weighted by atomic mass is 10.9. The topological polar surface area (TPSA) is 17.1 Å². The van der Waals surface area contributed by atoms with Crippen molar-refractivity contribution in [3.63, 3.8) is 0 Å². The molecule has 0 fully saturated rings. The van der Waals surface area contributed by atoms with Gasteiger partial charge in [0.05, 0.1) is 0 Å². The Hall–Kier alpha value is 0.730. The third-order valence-corrected chi connectivity index (χ3v) is 0.499. The minimum absolute atomic E-state index is 0.385. The molecule has 0 aromatic carbocycles. The molecule has 0 saturated heterocycles. The number of hydrogen-bond acceptors (Lipinski definition) is 1. The molecule has 0 radical (unpaired) electrons. The number of carbonyl (C=O) groups is 1. The van der Waals surface area contributed by atoms with Gasteiger partial charge in [0.25, 0.3) is 0 Å². The maximum absolute atomic E-state index is 9.52. The molecule has 0 heterocycles. The van der Waals surface area contributed by atoms with Gasteiger partial charge >= 0.3 is 0 Å². The Balaban J connectivity index is 3.45. The number of alkyl halides is 3. The molecule has 0 aromatic heterocycles. The van der Waals surface area contributed by atoms with Gasteiger partial charge in [0.15, 0.2) is 6.29 Å².